The van der Waals surface area contributed by atoms with Crippen LogP contribution in [0.5, 0.6) is 0 Å². The summed E-state index contributed by atoms with van der Waals surface area (Å²) in [4.78, 5) is 11.5. The molecule has 0 saturated heterocycles. The topological polar surface area (TPSA) is 17.1 Å². The molecule has 2 aliphatic rings. The van der Waals surface area contributed by atoms with Crippen LogP contribution in [0.1, 0.15) is 134 Å². The van der Waals surface area contributed by atoms with Gasteiger partial charge in [-0.2, -0.15) is 0 Å². The van der Waals surface area contributed by atoms with E-state index in [4.69, 9.17) is 0 Å². The van der Waals surface area contributed by atoms with Gasteiger partial charge in [-0.25, -0.2) is 0 Å². The van der Waals surface area contributed by atoms with Gasteiger partial charge in [0.25, 0.3) is 0 Å². The number of Topliss-reactive ketones (excluding diaryl/α,β-unsaturated/α-hetero) is 1. The summed E-state index contributed by atoms with van der Waals surface area (Å²) in [5, 5.41) is 0. The number of rotatable bonds is 10. The van der Waals surface area contributed by atoms with Crippen molar-refractivity contribution in [3.8, 4) is 0 Å². The minimum absolute atomic E-state index is 0.353. The van der Waals surface area contributed by atoms with Crippen molar-refractivity contribution >= 4 is 5.78 Å². The highest BCUT2D eigenvalue weighted by atomic mass is 16.1. The maximum atomic E-state index is 11.5. The number of unbranched alkanes of at least 4 members (excludes halogenated alkanes) is 1. The second-order valence-electron chi connectivity index (χ2n) is 11.1. The van der Waals surface area contributed by atoms with Gasteiger partial charge >= 0.3 is 0 Å². The quantitative estimate of drug-likeness (QED) is 0.221. The number of ketones is 1. The average molecular weight is 489 g/mol. The zero-order valence-electron chi connectivity index (χ0n) is 26.0. The third kappa shape index (κ3) is 14.9. The number of hydrogen-bond acceptors (Lipinski definition) is 1. The predicted octanol–water partition coefficient (Wildman–Crippen LogP) is 11.3. The first-order valence-electron chi connectivity index (χ1n) is 15.1. The van der Waals surface area contributed by atoms with E-state index in [1.54, 1.807) is 12.5 Å². The second-order valence-corrected chi connectivity index (χ2v) is 11.1. The summed E-state index contributed by atoms with van der Waals surface area (Å²) in [5.41, 5.74) is 2.91. The van der Waals surface area contributed by atoms with E-state index in [0.717, 1.165) is 30.1 Å². The van der Waals surface area contributed by atoms with Crippen molar-refractivity contribution in [1.82, 2.24) is 0 Å². The van der Waals surface area contributed by atoms with Gasteiger partial charge < -0.3 is 4.79 Å². The molecule has 0 fully saturated rings. The molecule has 0 aromatic carbocycles. The fourth-order valence-electron chi connectivity index (χ4n) is 5.20. The van der Waals surface area contributed by atoms with Crippen LogP contribution >= 0.6 is 0 Å². The average Bonchev–Trinajstić information content (AvgIpc) is 2.84. The molecule has 6 atom stereocenters. The Morgan fingerprint density at radius 2 is 1.63 bits per heavy atom. The summed E-state index contributed by atoms with van der Waals surface area (Å²) in [6.07, 6.45) is 17.3. The van der Waals surface area contributed by atoms with Gasteiger partial charge in [0.2, 0.25) is 0 Å². The van der Waals surface area contributed by atoms with Crippen LogP contribution in [0.3, 0.4) is 0 Å². The molecule has 0 aromatic heterocycles. The molecule has 0 aromatic rings. The first kappa shape index (κ1) is 36.0. The van der Waals surface area contributed by atoms with Crippen LogP contribution in [-0.4, -0.2) is 5.78 Å². The molecule has 0 saturated carbocycles. The number of hydrogen-bond donors (Lipinski definition) is 0. The molecule has 0 aliphatic heterocycles. The summed E-state index contributed by atoms with van der Waals surface area (Å²) in [7, 11) is 0. The van der Waals surface area contributed by atoms with Crippen molar-refractivity contribution in [2.75, 3.05) is 0 Å². The van der Waals surface area contributed by atoms with E-state index in [2.05, 4.69) is 73.3 Å². The second kappa shape index (κ2) is 21.0. The summed E-state index contributed by atoms with van der Waals surface area (Å²) in [6, 6.07) is 0. The van der Waals surface area contributed by atoms with Gasteiger partial charge in [-0.3, -0.25) is 0 Å². The molecule has 2 aliphatic carbocycles. The zero-order valence-corrected chi connectivity index (χ0v) is 26.0. The van der Waals surface area contributed by atoms with Crippen LogP contribution in [0.2, 0.25) is 0 Å². The Labute approximate surface area is 222 Å². The SMILES string of the molecule is C=C(C)C(C)CC.CC.CC.CC(=O)CC(CCCCC1C(C)C=CC2=CC(C)CCC21)C(C)C. The molecule has 1 heteroatoms. The Morgan fingerprint density at radius 3 is 2.09 bits per heavy atom. The molecule has 6 unspecified atom stereocenters. The van der Waals surface area contributed by atoms with Crippen molar-refractivity contribution in [2.24, 2.45) is 41.4 Å². The third-order valence-corrected chi connectivity index (χ3v) is 7.93. The highest BCUT2D eigenvalue weighted by Crippen LogP contribution is 2.43. The molecule has 0 heterocycles. The Kier molecular flexibility index (Phi) is 21.7. The van der Waals surface area contributed by atoms with Crippen molar-refractivity contribution in [3.05, 3.63) is 36.0 Å². The molecule has 0 radical (unpaired) electrons. The molecular weight excluding hydrogens is 424 g/mol. The van der Waals surface area contributed by atoms with Crippen LogP contribution < -0.4 is 0 Å². The monoisotopic (exact) mass is 488 g/mol. The molecule has 0 spiro atoms. The first-order valence-corrected chi connectivity index (χ1v) is 15.1. The van der Waals surface area contributed by atoms with Crippen molar-refractivity contribution in [2.45, 2.75) is 134 Å². The van der Waals surface area contributed by atoms with Crippen LogP contribution in [-0.2, 0) is 4.79 Å². The third-order valence-electron chi connectivity index (χ3n) is 7.93. The lowest BCUT2D eigenvalue weighted by molar-refractivity contribution is -0.118. The number of carbonyl (C=O) groups is 1. The smallest absolute Gasteiger partial charge is 0.130 e. The number of allylic oxidation sites excluding steroid dienone is 5. The minimum atomic E-state index is 0.353. The number of carbonyl (C=O) groups excluding carboxylic acids is 1. The van der Waals surface area contributed by atoms with Gasteiger partial charge in [-0.15, -0.1) is 0 Å². The van der Waals surface area contributed by atoms with Gasteiger partial charge in [-0.05, 0) is 93.0 Å². The Bertz CT molecular complexity index is 608. The van der Waals surface area contributed by atoms with E-state index < -0.39 is 0 Å². The van der Waals surface area contributed by atoms with Crippen LogP contribution in [0, 0.1) is 41.4 Å². The molecule has 206 valence electrons. The summed E-state index contributed by atoms with van der Waals surface area (Å²) in [6.45, 7) is 29.3. The highest BCUT2D eigenvalue weighted by Gasteiger charge is 2.32. The van der Waals surface area contributed by atoms with Crippen molar-refractivity contribution in [1.29, 1.82) is 0 Å². The first-order chi connectivity index (χ1) is 16.6. The van der Waals surface area contributed by atoms with Crippen LogP contribution in [0.25, 0.3) is 0 Å². The molecule has 1 nitrogen and oxygen atoms in total. The molecule has 0 N–H and O–H groups in total. The molecule has 2 rings (SSSR count). The Hall–Kier alpha value is -1.11. The number of fused-ring (bicyclic) bond motifs is 1. The van der Waals surface area contributed by atoms with E-state index in [9.17, 15) is 4.79 Å². The van der Waals surface area contributed by atoms with Gasteiger partial charge in [0, 0.05) is 6.42 Å². The minimum Gasteiger partial charge on any atom is -0.300 e. The lowest BCUT2D eigenvalue weighted by Crippen LogP contribution is -2.28. The molecule has 0 amide bonds. The molecular formula is C34H64O. The fourth-order valence-corrected chi connectivity index (χ4v) is 5.20. The van der Waals surface area contributed by atoms with E-state index in [1.165, 1.54) is 50.5 Å². The van der Waals surface area contributed by atoms with Crippen molar-refractivity contribution in [3.63, 3.8) is 0 Å². The van der Waals surface area contributed by atoms with Gasteiger partial charge in [0.15, 0.2) is 0 Å². The van der Waals surface area contributed by atoms with Gasteiger partial charge in [-0.1, -0.05) is 112 Å². The van der Waals surface area contributed by atoms with E-state index >= 15 is 0 Å². The van der Waals surface area contributed by atoms with E-state index in [1.807, 2.05) is 27.7 Å². The van der Waals surface area contributed by atoms with Crippen LogP contribution in [0.4, 0.5) is 0 Å². The van der Waals surface area contributed by atoms with Crippen molar-refractivity contribution < 1.29 is 4.79 Å². The lowest BCUT2D eigenvalue weighted by Gasteiger charge is -2.38. The largest absolute Gasteiger partial charge is 0.300 e. The predicted molar refractivity (Wildman–Crippen MR) is 161 cm³/mol. The Balaban J connectivity index is 0. The maximum absolute atomic E-state index is 11.5. The summed E-state index contributed by atoms with van der Waals surface area (Å²) >= 11 is 0. The molecule has 35 heavy (non-hydrogen) atoms. The summed E-state index contributed by atoms with van der Waals surface area (Å²) < 4.78 is 0. The summed E-state index contributed by atoms with van der Waals surface area (Å²) in [5.74, 6) is 5.38. The Morgan fingerprint density at radius 1 is 1.03 bits per heavy atom. The van der Waals surface area contributed by atoms with Gasteiger partial charge in [0.05, 0.1) is 0 Å². The van der Waals surface area contributed by atoms with E-state index in [0.29, 0.717) is 23.5 Å². The normalized spacial score (nSPS) is 24.2. The lowest BCUT2D eigenvalue weighted by atomic mass is 9.67. The molecule has 0 bridgehead atoms. The standard InChI is InChI=1S/C23H38O.C7H14.2C2H6/c1-16(2)20(15-19(5)24)8-6-7-9-22-18(4)11-12-21-14-17(3)10-13-23(21)22;1-5-7(4)6(2)3;2*1-2/h11-12,14,16-18,20,22-23H,6-10,13,15H2,1-5H3;7H,2,5H2,1,3-4H3;2*1-2H3. The highest BCUT2D eigenvalue weighted by molar-refractivity contribution is 5.75. The van der Waals surface area contributed by atoms with E-state index in [-0.39, 0.29) is 0 Å². The zero-order chi connectivity index (χ0) is 27.6. The fraction of sp³-hybridized carbons (Fsp3) is 0.794. The maximum Gasteiger partial charge on any atom is 0.130 e. The van der Waals surface area contributed by atoms with Gasteiger partial charge in [0.1, 0.15) is 5.78 Å². The van der Waals surface area contributed by atoms with Crippen LogP contribution in [0.15, 0.2) is 36.0 Å².